The molecule has 2 aromatic rings. The van der Waals surface area contributed by atoms with E-state index in [0.29, 0.717) is 32.0 Å². The fourth-order valence-corrected chi connectivity index (χ4v) is 3.30. The minimum Gasteiger partial charge on any atom is -0.463 e. The monoisotopic (exact) mass is 418 g/mol. The first kappa shape index (κ1) is 24.1. The molecule has 1 aromatic carbocycles. The zero-order valence-corrected chi connectivity index (χ0v) is 18.4. The lowest BCUT2D eigenvalue weighted by atomic mass is 10.1. The lowest BCUT2D eigenvalue weighted by Gasteiger charge is -2.26. The summed E-state index contributed by atoms with van der Waals surface area (Å²) < 4.78 is 20.8. The molecule has 166 valence electrons. The van der Waals surface area contributed by atoms with Crippen molar-refractivity contribution in [2.75, 3.05) is 19.7 Å². The quantitative estimate of drug-likeness (QED) is 0.495. The Morgan fingerprint density at radius 3 is 2.77 bits per heavy atom. The van der Waals surface area contributed by atoms with Crippen molar-refractivity contribution in [1.82, 2.24) is 9.47 Å². The van der Waals surface area contributed by atoms with Crippen LogP contribution < -0.4 is 0 Å². The summed E-state index contributed by atoms with van der Waals surface area (Å²) in [5.74, 6) is 0.0425. The minimum atomic E-state index is -0.732. The fourth-order valence-electron chi connectivity index (χ4n) is 3.30. The van der Waals surface area contributed by atoms with E-state index in [1.807, 2.05) is 25.3 Å². The van der Waals surface area contributed by atoms with Crippen LogP contribution >= 0.6 is 0 Å². The third kappa shape index (κ3) is 8.67. The van der Waals surface area contributed by atoms with Gasteiger partial charge in [0.25, 0.3) is 0 Å². The van der Waals surface area contributed by atoms with Gasteiger partial charge in [-0.05, 0) is 55.1 Å². The zero-order valence-electron chi connectivity index (χ0n) is 18.4. The van der Waals surface area contributed by atoms with Gasteiger partial charge in [-0.3, -0.25) is 9.69 Å². The Kier molecular flexibility index (Phi) is 10.0. The van der Waals surface area contributed by atoms with Crippen LogP contribution in [0.25, 0.3) is 0 Å². The van der Waals surface area contributed by atoms with Gasteiger partial charge in [-0.25, -0.2) is 4.39 Å². The van der Waals surface area contributed by atoms with E-state index in [4.69, 9.17) is 4.74 Å². The van der Waals surface area contributed by atoms with Crippen LogP contribution in [0.3, 0.4) is 0 Å². The second-order valence-corrected chi connectivity index (χ2v) is 8.26. The summed E-state index contributed by atoms with van der Waals surface area (Å²) in [7, 11) is 0. The van der Waals surface area contributed by atoms with Gasteiger partial charge < -0.3 is 14.4 Å². The van der Waals surface area contributed by atoms with Gasteiger partial charge in [-0.15, -0.1) is 0 Å². The summed E-state index contributed by atoms with van der Waals surface area (Å²) >= 11 is 0. The number of hydrogen-bond acceptors (Lipinski definition) is 4. The largest absolute Gasteiger partial charge is 0.463 e. The molecule has 0 radical (unpaired) electrons. The van der Waals surface area contributed by atoms with E-state index in [9.17, 15) is 14.3 Å². The predicted octanol–water partition coefficient (Wildman–Crippen LogP) is 4.23. The molecule has 0 aliphatic carbocycles. The van der Waals surface area contributed by atoms with E-state index < -0.39 is 6.10 Å². The molecule has 1 aromatic heterocycles. The molecule has 0 fully saturated rings. The summed E-state index contributed by atoms with van der Waals surface area (Å²) in [6.07, 6.45) is 3.37. The van der Waals surface area contributed by atoms with Gasteiger partial charge in [-0.2, -0.15) is 0 Å². The first-order chi connectivity index (χ1) is 14.4. The maximum absolute atomic E-state index is 13.5. The van der Waals surface area contributed by atoms with Crippen LogP contribution in [0.5, 0.6) is 0 Å². The van der Waals surface area contributed by atoms with Crippen molar-refractivity contribution < 1.29 is 19.0 Å². The molecule has 30 heavy (non-hydrogen) atoms. The fraction of sp³-hybridized carbons (Fsp3) is 0.542. The molecule has 0 aliphatic rings. The van der Waals surface area contributed by atoms with Crippen molar-refractivity contribution in [3.63, 3.8) is 0 Å². The number of benzene rings is 1. The number of carbonyl (C=O) groups is 1. The van der Waals surface area contributed by atoms with E-state index in [-0.39, 0.29) is 18.4 Å². The van der Waals surface area contributed by atoms with Crippen molar-refractivity contribution in [2.24, 2.45) is 5.92 Å². The lowest BCUT2D eigenvalue weighted by molar-refractivity contribution is -0.147. The molecule has 1 heterocycles. The number of esters is 1. The number of ether oxygens (including phenoxy) is 1. The van der Waals surface area contributed by atoms with Gasteiger partial charge in [0.15, 0.2) is 0 Å². The van der Waals surface area contributed by atoms with E-state index >= 15 is 0 Å². The number of hydrogen-bond donors (Lipinski definition) is 1. The van der Waals surface area contributed by atoms with Crippen LogP contribution in [-0.4, -0.2) is 46.3 Å². The van der Waals surface area contributed by atoms with E-state index in [1.54, 1.807) is 12.1 Å². The Hall–Kier alpha value is -2.18. The molecular weight excluding hydrogens is 383 g/mol. The minimum absolute atomic E-state index is 0.0152. The molecule has 0 bridgehead atoms. The van der Waals surface area contributed by atoms with Gasteiger partial charge in [0.05, 0.1) is 0 Å². The molecule has 5 nitrogen and oxygen atoms in total. The highest BCUT2D eigenvalue weighted by molar-refractivity contribution is 5.69. The molecule has 0 saturated carbocycles. The highest BCUT2D eigenvalue weighted by Crippen LogP contribution is 2.13. The Bertz CT molecular complexity index is 775. The average Bonchev–Trinajstić information content (AvgIpc) is 3.11. The summed E-state index contributed by atoms with van der Waals surface area (Å²) in [5.41, 5.74) is 2.00. The Morgan fingerprint density at radius 1 is 1.27 bits per heavy atom. The highest BCUT2D eigenvalue weighted by Gasteiger charge is 2.16. The Labute approximate surface area is 179 Å². The number of nitrogens with zero attached hydrogens (tertiary/aromatic N) is 2. The maximum Gasteiger partial charge on any atom is 0.305 e. The molecule has 0 amide bonds. The zero-order chi connectivity index (χ0) is 21.9. The third-order valence-corrected chi connectivity index (χ3v) is 4.93. The lowest BCUT2D eigenvalue weighted by Crippen LogP contribution is -2.36. The number of aromatic nitrogens is 1. The van der Waals surface area contributed by atoms with Crippen LogP contribution in [0, 0.1) is 11.7 Å². The van der Waals surface area contributed by atoms with Gasteiger partial charge in [0.1, 0.15) is 18.5 Å². The molecule has 1 atom stereocenters. The second kappa shape index (κ2) is 12.5. The standard InChI is InChI=1S/C24H35FN2O3/c1-4-7-24(29)30-18-23(28)17-26(13-11-19(2)3)16-22-10-6-12-27(22)15-20-8-5-9-21(25)14-20/h5-6,8-10,12,14,19,23,28H,4,7,11,13,15-18H2,1-3H3/t23-/m1/s1. The normalized spacial score (nSPS) is 12.5. The third-order valence-electron chi connectivity index (χ3n) is 4.93. The number of halogens is 1. The summed E-state index contributed by atoms with van der Waals surface area (Å²) in [4.78, 5) is 13.8. The van der Waals surface area contributed by atoms with Gasteiger partial charge >= 0.3 is 5.97 Å². The molecule has 0 unspecified atom stereocenters. The van der Waals surface area contributed by atoms with Crippen molar-refractivity contribution >= 4 is 5.97 Å². The smallest absolute Gasteiger partial charge is 0.305 e. The molecule has 0 saturated heterocycles. The molecule has 0 aliphatic heterocycles. The average molecular weight is 419 g/mol. The van der Waals surface area contributed by atoms with Crippen molar-refractivity contribution in [1.29, 1.82) is 0 Å². The molecule has 1 N–H and O–H groups in total. The SMILES string of the molecule is CCCC(=O)OC[C@H](O)CN(CCC(C)C)Cc1cccn1Cc1cccc(F)c1. The van der Waals surface area contributed by atoms with Gasteiger partial charge in [0, 0.05) is 37.9 Å². The highest BCUT2D eigenvalue weighted by atomic mass is 19.1. The molecular formula is C24H35FN2O3. The Morgan fingerprint density at radius 2 is 2.07 bits per heavy atom. The second-order valence-electron chi connectivity index (χ2n) is 8.26. The van der Waals surface area contributed by atoms with Gasteiger partial charge in [0.2, 0.25) is 0 Å². The van der Waals surface area contributed by atoms with E-state index in [1.165, 1.54) is 6.07 Å². The van der Waals surface area contributed by atoms with E-state index in [2.05, 4.69) is 29.4 Å². The number of aliphatic hydroxyl groups excluding tert-OH is 1. The first-order valence-corrected chi connectivity index (χ1v) is 10.8. The van der Waals surface area contributed by atoms with Crippen molar-refractivity contribution in [2.45, 2.75) is 59.2 Å². The molecule has 2 rings (SSSR count). The number of carbonyl (C=O) groups excluding carboxylic acids is 1. The maximum atomic E-state index is 13.5. The number of rotatable bonds is 13. The van der Waals surface area contributed by atoms with Crippen LogP contribution in [0.1, 0.15) is 51.3 Å². The predicted molar refractivity (Wildman–Crippen MR) is 117 cm³/mol. The topological polar surface area (TPSA) is 54.7 Å². The molecule has 0 spiro atoms. The van der Waals surface area contributed by atoms with Crippen LogP contribution in [0.4, 0.5) is 4.39 Å². The van der Waals surface area contributed by atoms with Crippen LogP contribution in [0.2, 0.25) is 0 Å². The van der Waals surface area contributed by atoms with Crippen LogP contribution in [-0.2, 0) is 22.6 Å². The van der Waals surface area contributed by atoms with E-state index in [0.717, 1.165) is 30.6 Å². The first-order valence-electron chi connectivity index (χ1n) is 10.8. The summed E-state index contributed by atoms with van der Waals surface area (Å²) in [6.45, 7) is 8.80. The summed E-state index contributed by atoms with van der Waals surface area (Å²) in [6, 6.07) is 10.7. The number of aliphatic hydroxyl groups is 1. The van der Waals surface area contributed by atoms with Crippen molar-refractivity contribution in [3.05, 3.63) is 59.7 Å². The van der Waals surface area contributed by atoms with Crippen LogP contribution in [0.15, 0.2) is 42.6 Å². The Balaban J connectivity index is 2.00. The molecule has 6 heteroatoms. The van der Waals surface area contributed by atoms with Crippen molar-refractivity contribution in [3.8, 4) is 0 Å². The summed E-state index contributed by atoms with van der Waals surface area (Å²) in [5, 5.41) is 10.4. The van der Waals surface area contributed by atoms with Gasteiger partial charge in [-0.1, -0.05) is 32.9 Å².